The van der Waals surface area contributed by atoms with Crippen LogP contribution in [0, 0.1) is 18.6 Å². The van der Waals surface area contributed by atoms with Crippen LogP contribution in [0.1, 0.15) is 30.2 Å². The van der Waals surface area contributed by atoms with Crippen LogP contribution < -0.4 is 10.6 Å². The SMILES string of the molecule is Cc1noc(CNC(=O)NC(C)c2ccc(F)c(F)c2)n1. The van der Waals surface area contributed by atoms with E-state index < -0.39 is 23.7 Å². The Labute approximate surface area is 119 Å². The van der Waals surface area contributed by atoms with Crippen LogP contribution in [0.2, 0.25) is 0 Å². The minimum Gasteiger partial charge on any atom is -0.337 e. The van der Waals surface area contributed by atoms with Gasteiger partial charge in [-0.25, -0.2) is 13.6 Å². The Morgan fingerprint density at radius 3 is 2.76 bits per heavy atom. The molecule has 6 nitrogen and oxygen atoms in total. The van der Waals surface area contributed by atoms with E-state index in [4.69, 9.17) is 4.52 Å². The number of urea groups is 1. The van der Waals surface area contributed by atoms with Crippen molar-refractivity contribution in [2.45, 2.75) is 26.4 Å². The second kappa shape index (κ2) is 6.29. The first-order valence-corrected chi connectivity index (χ1v) is 6.24. The third-order valence-electron chi connectivity index (χ3n) is 2.76. The number of hydrogen-bond donors (Lipinski definition) is 2. The Morgan fingerprint density at radius 1 is 1.38 bits per heavy atom. The molecule has 1 aromatic heterocycles. The lowest BCUT2D eigenvalue weighted by Gasteiger charge is -2.14. The van der Waals surface area contributed by atoms with Gasteiger partial charge in [-0.15, -0.1) is 0 Å². The van der Waals surface area contributed by atoms with Crippen molar-refractivity contribution in [3.05, 3.63) is 47.1 Å². The van der Waals surface area contributed by atoms with Crippen LogP contribution in [-0.4, -0.2) is 16.2 Å². The van der Waals surface area contributed by atoms with Gasteiger partial charge in [0.1, 0.15) is 0 Å². The van der Waals surface area contributed by atoms with E-state index in [1.54, 1.807) is 13.8 Å². The minimum atomic E-state index is -0.956. The zero-order valence-electron chi connectivity index (χ0n) is 11.5. The van der Waals surface area contributed by atoms with Gasteiger partial charge in [-0.1, -0.05) is 11.2 Å². The highest BCUT2D eigenvalue weighted by Gasteiger charge is 2.12. The fourth-order valence-electron chi connectivity index (χ4n) is 1.68. The highest BCUT2D eigenvalue weighted by molar-refractivity contribution is 5.74. The lowest BCUT2D eigenvalue weighted by atomic mass is 10.1. The lowest BCUT2D eigenvalue weighted by Crippen LogP contribution is -2.36. The second-order valence-electron chi connectivity index (χ2n) is 4.46. The number of halogens is 2. The van der Waals surface area contributed by atoms with Crippen LogP contribution in [0.25, 0.3) is 0 Å². The van der Waals surface area contributed by atoms with Crippen molar-refractivity contribution in [2.24, 2.45) is 0 Å². The molecule has 0 radical (unpaired) electrons. The number of hydrogen-bond acceptors (Lipinski definition) is 4. The molecule has 0 aliphatic heterocycles. The van der Waals surface area contributed by atoms with Crippen LogP contribution in [0.5, 0.6) is 0 Å². The second-order valence-corrected chi connectivity index (χ2v) is 4.46. The fourth-order valence-corrected chi connectivity index (χ4v) is 1.68. The van der Waals surface area contributed by atoms with E-state index >= 15 is 0 Å². The molecular formula is C13H14F2N4O2. The maximum atomic E-state index is 13.1. The van der Waals surface area contributed by atoms with Crippen molar-refractivity contribution in [3.8, 4) is 0 Å². The number of nitrogens with zero attached hydrogens (tertiary/aromatic N) is 2. The minimum absolute atomic E-state index is 0.0805. The first-order chi connectivity index (χ1) is 9.95. The number of carbonyl (C=O) groups is 1. The summed E-state index contributed by atoms with van der Waals surface area (Å²) in [6.45, 7) is 3.40. The summed E-state index contributed by atoms with van der Waals surface area (Å²) in [5.74, 6) is -1.13. The average Bonchev–Trinajstić information content (AvgIpc) is 2.85. The summed E-state index contributed by atoms with van der Waals surface area (Å²) < 4.78 is 30.8. The van der Waals surface area contributed by atoms with Gasteiger partial charge in [0.05, 0.1) is 12.6 Å². The van der Waals surface area contributed by atoms with Crippen molar-refractivity contribution in [3.63, 3.8) is 0 Å². The van der Waals surface area contributed by atoms with Gasteiger partial charge < -0.3 is 15.2 Å². The standard InChI is InChI=1S/C13H14F2N4O2/c1-7(9-3-4-10(14)11(15)5-9)17-13(20)16-6-12-18-8(2)19-21-12/h3-5,7H,6H2,1-2H3,(H2,16,17,20). The lowest BCUT2D eigenvalue weighted by molar-refractivity contribution is 0.235. The van der Waals surface area contributed by atoms with Crippen molar-refractivity contribution in [1.82, 2.24) is 20.8 Å². The van der Waals surface area contributed by atoms with Crippen LogP contribution >= 0.6 is 0 Å². The first-order valence-electron chi connectivity index (χ1n) is 6.24. The summed E-state index contributed by atoms with van der Waals surface area (Å²) in [4.78, 5) is 15.6. The molecule has 2 aromatic rings. The highest BCUT2D eigenvalue weighted by Crippen LogP contribution is 2.15. The molecular weight excluding hydrogens is 282 g/mol. The van der Waals surface area contributed by atoms with Gasteiger partial charge in [-0.2, -0.15) is 4.98 Å². The average molecular weight is 296 g/mol. The molecule has 1 heterocycles. The van der Waals surface area contributed by atoms with Crippen molar-refractivity contribution in [1.29, 1.82) is 0 Å². The van der Waals surface area contributed by atoms with E-state index in [-0.39, 0.29) is 12.4 Å². The van der Waals surface area contributed by atoms with Gasteiger partial charge in [0.25, 0.3) is 0 Å². The normalized spacial score (nSPS) is 12.0. The number of benzene rings is 1. The molecule has 0 saturated heterocycles. The van der Waals surface area contributed by atoms with Crippen LogP contribution in [0.3, 0.4) is 0 Å². The molecule has 0 bridgehead atoms. The Morgan fingerprint density at radius 2 is 2.14 bits per heavy atom. The van der Waals surface area contributed by atoms with Gasteiger partial charge in [-0.05, 0) is 31.5 Å². The molecule has 0 spiro atoms. The molecule has 1 unspecified atom stereocenters. The number of carbonyl (C=O) groups excluding carboxylic acids is 1. The maximum absolute atomic E-state index is 13.1. The summed E-state index contributed by atoms with van der Waals surface area (Å²) in [5, 5.41) is 8.70. The molecule has 2 rings (SSSR count). The van der Waals surface area contributed by atoms with Gasteiger partial charge >= 0.3 is 6.03 Å². The molecule has 1 aromatic carbocycles. The van der Waals surface area contributed by atoms with E-state index in [1.807, 2.05) is 0 Å². The van der Waals surface area contributed by atoms with E-state index in [1.165, 1.54) is 6.07 Å². The molecule has 0 saturated carbocycles. The molecule has 21 heavy (non-hydrogen) atoms. The molecule has 0 aliphatic carbocycles. The van der Waals surface area contributed by atoms with E-state index in [0.717, 1.165) is 12.1 Å². The Balaban J connectivity index is 1.88. The zero-order chi connectivity index (χ0) is 15.4. The number of amides is 2. The summed E-state index contributed by atoms with van der Waals surface area (Å²) in [7, 11) is 0. The van der Waals surface area contributed by atoms with Gasteiger partial charge in [0, 0.05) is 0 Å². The first kappa shape index (κ1) is 14.9. The van der Waals surface area contributed by atoms with Gasteiger partial charge in [0.15, 0.2) is 17.5 Å². The molecule has 2 amide bonds. The van der Waals surface area contributed by atoms with Crippen LogP contribution in [0.15, 0.2) is 22.7 Å². The Bertz CT molecular complexity index is 645. The molecule has 0 aliphatic rings. The molecule has 112 valence electrons. The zero-order valence-corrected chi connectivity index (χ0v) is 11.5. The van der Waals surface area contributed by atoms with Gasteiger partial charge in [-0.3, -0.25) is 0 Å². The maximum Gasteiger partial charge on any atom is 0.315 e. The Hall–Kier alpha value is -2.51. The molecule has 0 fully saturated rings. The smallest absolute Gasteiger partial charge is 0.315 e. The van der Waals surface area contributed by atoms with E-state index in [0.29, 0.717) is 11.4 Å². The summed E-state index contributed by atoms with van der Waals surface area (Å²) >= 11 is 0. The fraction of sp³-hybridized carbons (Fsp3) is 0.308. The number of rotatable bonds is 4. The largest absolute Gasteiger partial charge is 0.337 e. The number of nitrogens with one attached hydrogen (secondary N) is 2. The van der Waals surface area contributed by atoms with E-state index in [2.05, 4.69) is 20.8 Å². The van der Waals surface area contributed by atoms with Crippen molar-refractivity contribution in [2.75, 3.05) is 0 Å². The number of aryl methyl sites for hydroxylation is 1. The topological polar surface area (TPSA) is 80.0 Å². The van der Waals surface area contributed by atoms with Crippen molar-refractivity contribution >= 4 is 6.03 Å². The number of aromatic nitrogens is 2. The van der Waals surface area contributed by atoms with E-state index in [9.17, 15) is 13.6 Å². The van der Waals surface area contributed by atoms with Crippen LogP contribution in [-0.2, 0) is 6.54 Å². The highest BCUT2D eigenvalue weighted by atomic mass is 19.2. The Kier molecular flexibility index (Phi) is 4.46. The van der Waals surface area contributed by atoms with Crippen LogP contribution in [0.4, 0.5) is 13.6 Å². The molecule has 2 N–H and O–H groups in total. The summed E-state index contributed by atoms with van der Waals surface area (Å²) in [6.07, 6.45) is 0. The monoisotopic (exact) mass is 296 g/mol. The molecule has 1 atom stereocenters. The summed E-state index contributed by atoms with van der Waals surface area (Å²) in [6, 6.07) is 2.50. The van der Waals surface area contributed by atoms with Crippen molar-refractivity contribution < 1.29 is 18.1 Å². The summed E-state index contributed by atoms with van der Waals surface area (Å²) in [5.41, 5.74) is 0.456. The van der Waals surface area contributed by atoms with Gasteiger partial charge in [0.2, 0.25) is 5.89 Å². The quantitative estimate of drug-likeness (QED) is 0.906. The predicted molar refractivity (Wildman–Crippen MR) is 69.2 cm³/mol. The predicted octanol–water partition coefficient (Wildman–Crippen LogP) is 2.22. The third kappa shape index (κ3) is 3.98. The molecule has 8 heteroatoms. The third-order valence-corrected chi connectivity index (χ3v) is 2.76.